The van der Waals surface area contributed by atoms with E-state index >= 15 is 0 Å². The molecule has 3 N–H and O–H groups in total. The van der Waals surface area contributed by atoms with E-state index in [9.17, 15) is 4.79 Å². The average Bonchev–Trinajstić information content (AvgIpc) is 3.29. The normalized spacial score (nSPS) is 11.7. The number of amides is 1. The minimum atomic E-state index is -0.0831. The van der Waals surface area contributed by atoms with Crippen LogP contribution in [-0.2, 0) is 11.2 Å². The molecule has 0 saturated heterocycles. The van der Waals surface area contributed by atoms with Crippen LogP contribution in [-0.4, -0.2) is 26.7 Å². The summed E-state index contributed by atoms with van der Waals surface area (Å²) in [4.78, 5) is 13.8. The van der Waals surface area contributed by atoms with E-state index in [1.807, 2.05) is 6.07 Å². The minimum Gasteiger partial charge on any atom is -0.497 e. The minimum absolute atomic E-state index is 0.0831. The average molecular weight is 412 g/mol. The van der Waals surface area contributed by atoms with E-state index in [1.54, 1.807) is 43.8 Å². The molecule has 6 heteroatoms. The van der Waals surface area contributed by atoms with Crippen molar-refractivity contribution >= 4 is 22.9 Å². The van der Waals surface area contributed by atoms with Crippen LogP contribution in [0.5, 0.6) is 11.5 Å². The van der Waals surface area contributed by atoms with E-state index < -0.39 is 0 Å². The molecule has 1 atom stereocenters. The number of thiophene rings is 1. The molecular formula is C23H27N2O3S+. The van der Waals surface area contributed by atoms with Crippen molar-refractivity contribution in [3.8, 4) is 11.5 Å². The number of hydrogen-bond donors (Lipinski definition) is 2. The summed E-state index contributed by atoms with van der Waals surface area (Å²) < 4.78 is 10.6. The van der Waals surface area contributed by atoms with Gasteiger partial charge in [-0.15, -0.1) is 11.3 Å². The van der Waals surface area contributed by atoms with Gasteiger partial charge in [0.15, 0.2) is 6.54 Å². The summed E-state index contributed by atoms with van der Waals surface area (Å²) >= 11 is 1.70. The Morgan fingerprint density at radius 3 is 2.52 bits per heavy atom. The summed E-state index contributed by atoms with van der Waals surface area (Å²) in [5.41, 5.74) is 3.13. The number of nitrogens with two attached hydrogens (primary N) is 1. The number of methoxy groups -OCH3 is 2. The zero-order valence-corrected chi connectivity index (χ0v) is 17.8. The second kappa shape index (κ2) is 10.1. The maximum atomic E-state index is 12.6. The molecule has 0 radical (unpaired) electrons. The highest BCUT2D eigenvalue weighted by molar-refractivity contribution is 7.10. The lowest BCUT2D eigenvalue weighted by atomic mass is 10.0. The fourth-order valence-electron chi connectivity index (χ4n) is 3.17. The Morgan fingerprint density at radius 1 is 1.10 bits per heavy atom. The molecule has 1 heterocycles. The van der Waals surface area contributed by atoms with E-state index in [-0.39, 0.29) is 11.9 Å². The van der Waals surface area contributed by atoms with Crippen molar-refractivity contribution < 1.29 is 19.6 Å². The SMILES string of the molecule is CCc1ccc([C@@H]([NH2+]CC(=O)Nc2ccc(OC)cc2OC)c2cccs2)cc1. The zero-order chi connectivity index (χ0) is 20.6. The number of quaternary nitrogens is 1. The van der Waals surface area contributed by atoms with Crippen molar-refractivity contribution in [2.45, 2.75) is 19.4 Å². The standard InChI is InChI=1S/C23H26N2O3S/c1-4-16-7-9-17(10-8-16)23(21-6-5-13-29-21)24-15-22(26)25-19-12-11-18(27-2)14-20(19)28-3/h5-14,23-24H,4,15H2,1-3H3,(H,25,26)/p+1/t23-/m1/s1. The van der Waals surface area contributed by atoms with E-state index in [4.69, 9.17) is 9.47 Å². The van der Waals surface area contributed by atoms with Crippen molar-refractivity contribution in [2.75, 3.05) is 26.1 Å². The molecule has 5 nitrogen and oxygen atoms in total. The molecule has 3 rings (SSSR count). The number of aryl methyl sites for hydroxylation is 1. The van der Waals surface area contributed by atoms with Crippen LogP contribution in [0.1, 0.15) is 29.0 Å². The Hall–Kier alpha value is -2.83. The van der Waals surface area contributed by atoms with Crippen LogP contribution in [0.2, 0.25) is 0 Å². The highest BCUT2D eigenvalue weighted by atomic mass is 32.1. The van der Waals surface area contributed by atoms with Crippen LogP contribution in [0.25, 0.3) is 0 Å². The zero-order valence-electron chi connectivity index (χ0n) is 17.0. The smallest absolute Gasteiger partial charge is 0.279 e. The first-order valence-corrected chi connectivity index (χ1v) is 10.5. The molecule has 1 amide bonds. The van der Waals surface area contributed by atoms with Gasteiger partial charge in [-0.2, -0.15) is 0 Å². The maximum absolute atomic E-state index is 12.6. The summed E-state index contributed by atoms with van der Waals surface area (Å²) in [5, 5.41) is 7.07. The van der Waals surface area contributed by atoms with Crippen molar-refractivity contribution in [3.63, 3.8) is 0 Å². The third kappa shape index (κ3) is 5.37. The highest BCUT2D eigenvalue weighted by Gasteiger charge is 2.20. The molecule has 0 spiro atoms. The van der Waals surface area contributed by atoms with E-state index in [2.05, 4.69) is 53.3 Å². The van der Waals surface area contributed by atoms with Gasteiger partial charge in [-0.3, -0.25) is 4.79 Å². The number of carbonyl (C=O) groups excluding carboxylic acids is 1. The third-order valence-electron chi connectivity index (χ3n) is 4.82. The van der Waals surface area contributed by atoms with Crippen LogP contribution in [0.3, 0.4) is 0 Å². The van der Waals surface area contributed by atoms with Crippen molar-refractivity contribution in [3.05, 3.63) is 76.0 Å². The lowest BCUT2D eigenvalue weighted by Crippen LogP contribution is -2.87. The van der Waals surface area contributed by atoms with Gasteiger partial charge < -0.3 is 20.1 Å². The number of ether oxygens (including phenoxy) is 2. The molecule has 0 bridgehead atoms. The third-order valence-corrected chi connectivity index (χ3v) is 5.77. The van der Waals surface area contributed by atoms with E-state index in [1.165, 1.54) is 16.0 Å². The van der Waals surface area contributed by atoms with Gasteiger partial charge in [-0.25, -0.2) is 0 Å². The summed E-state index contributed by atoms with van der Waals surface area (Å²) in [6.45, 7) is 2.45. The fourth-order valence-corrected chi connectivity index (χ4v) is 4.02. The summed E-state index contributed by atoms with van der Waals surface area (Å²) in [7, 11) is 3.17. The molecule has 0 aliphatic heterocycles. The molecule has 1 aromatic heterocycles. The summed E-state index contributed by atoms with van der Waals surface area (Å²) in [6.07, 6.45) is 1.01. The van der Waals surface area contributed by atoms with Crippen LogP contribution in [0.15, 0.2) is 60.0 Å². The Bertz CT molecular complexity index is 924. The Morgan fingerprint density at radius 2 is 1.90 bits per heavy atom. The molecule has 3 aromatic rings. The first-order valence-electron chi connectivity index (χ1n) is 9.62. The monoisotopic (exact) mass is 411 g/mol. The largest absolute Gasteiger partial charge is 0.497 e. The highest BCUT2D eigenvalue weighted by Crippen LogP contribution is 2.29. The van der Waals surface area contributed by atoms with Gasteiger partial charge in [0.1, 0.15) is 17.5 Å². The van der Waals surface area contributed by atoms with Crippen LogP contribution >= 0.6 is 11.3 Å². The number of anilines is 1. The van der Waals surface area contributed by atoms with Gasteiger partial charge >= 0.3 is 0 Å². The van der Waals surface area contributed by atoms with Gasteiger partial charge in [0.05, 0.1) is 24.8 Å². The Kier molecular flexibility index (Phi) is 7.27. The predicted octanol–water partition coefficient (Wildman–Crippen LogP) is 3.62. The molecule has 152 valence electrons. The van der Waals surface area contributed by atoms with Gasteiger partial charge in [0, 0.05) is 11.6 Å². The quantitative estimate of drug-likeness (QED) is 0.565. The van der Waals surface area contributed by atoms with E-state index in [0.717, 1.165) is 6.42 Å². The molecule has 0 saturated carbocycles. The van der Waals surface area contributed by atoms with Gasteiger partial charge in [-0.1, -0.05) is 37.3 Å². The van der Waals surface area contributed by atoms with Gasteiger partial charge in [0.25, 0.3) is 5.91 Å². The molecule has 0 fully saturated rings. The molecule has 2 aromatic carbocycles. The second-order valence-electron chi connectivity index (χ2n) is 6.64. The topological polar surface area (TPSA) is 64.2 Å². The first-order chi connectivity index (χ1) is 14.1. The Labute approximate surface area is 175 Å². The molecule has 0 unspecified atom stereocenters. The summed E-state index contributed by atoms with van der Waals surface area (Å²) in [6, 6.07) is 18.2. The lowest BCUT2D eigenvalue weighted by molar-refractivity contribution is -0.675. The lowest BCUT2D eigenvalue weighted by Gasteiger charge is -2.16. The predicted molar refractivity (Wildman–Crippen MR) is 117 cm³/mol. The number of benzene rings is 2. The molecule has 29 heavy (non-hydrogen) atoms. The van der Waals surface area contributed by atoms with E-state index in [0.29, 0.717) is 23.7 Å². The molecular weight excluding hydrogens is 384 g/mol. The van der Waals surface area contributed by atoms with Crippen molar-refractivity contribution in [2.24, 2.45) is 0 Å². The summed E-state index contributed by atoms with van der Waals surface area (Å²) in [5.74, 6) is 1.17. The first kappa shape index (κ1) is 20.9. The van der Waals surface area contributed by atoms with Crippen molar-refractivity contribution in [1.29, 1.82) is 0 Å². The van der Waals surface area contributed by atoms with Crippen molar-refractivity contribution in [1.82, 2.24) is 0 Å². The van der Waals surface area contributed by atoms with Crippen LogP contribution in [0.4, 0.5) is 5.69 Å². The fraction of sp³-hybridized carbons (Fsp3) is 0.261. The maximum Gasteiger partial charge on any atom is 0.279 e. The molecule has 0 aliphatic carbocycles. The second-order valence-corrected chi connectivity index (χ2v) is 7.62. The number of nitrogens with one attached hydrogen (secondary N) is 1. The number of carbonyl (C=O) groups is 1. The van der Waals surface area contributed by atoms with Crippen LogP contribution < -0.4 is 20.1 Å². The number of rotatable bonds is 9. The van der Waals surface area contributed by atoms with Gasteiger partial charge in [-0.05, 0) is 35.6 Å². The van der Waals surface area contributed by atoms with Gasteiger partial charge in [0.2, 0.25) is 0 Å². The Balaban J connectivity index is 1.70. The number of hydrogen-bond acceptors (Lipinski definition) is 4. The molecule has 0 aliphatic rings. The van der Waals surface area contributed by atoms with Crippen LogP contribution in [0, 0.1) is 0 Å².